The van der Waals surface area contributed by atoms with Crippen LogP contribution in [0.15, 0.2) is 97.6 Å². The Bertz CT molecular complexity index is 1920. The van der Waals surface area contributed by atoms with Crippen LogP contribution in [0.25, 0.3) is 33.2 Å². The summed E-state index contributed by atoms with van der Waals surface area (Å²) < 4.78 is 6.25. The number of hydrogen-bond acceptors (Lipinski definition) is 3. The van der Waals surface area contributed by atoms with Crippen LogP contribution in [-0.4, -0.2) is 21.1 Å². The quantitative estimate of drug-likeness (QED) is 0.170. The summed E-state index contributed by atoms with van der Waals surface area (Å²) in [6.45, 7) is 2.05. The Balaban J connectivity index is 0.00000253. The molecular weight excluding hydrogens is 663 g/mol. The molecule has 0 amide bonds. The number of aromatic nitrogens is 3. The van der Waals surface area contributed by atoms with Crippen LogP contribution in [0.2, 0.25) is 0 Å². The molecule has 0 saturated carbocycles. The average Bonchev–Trinajstić information content (AvgIpc) is 3.67. The molecule has 2 aliphatic rings. The summed E-state index contributed by atoms with van der Waals surface area (Å²) in [4.78, 5) is 6.42. The Labute approximate surface area is 241 Å². The molecule has 190 valence electrons. The molecule has 0 saturated heterocycles. The number of imidazole rings is 1. The number of anilines is 4. The van der Waals surface area contributed by atoms with Crippen molar-refractivity contribution in [3.05, 3.63) is 123 Å². The molecule has 0 spiro atoms. The molecule has 0 atom stereocenters. The van der Waals surface area contributed by atoms with Crippen LogP contribution in [-0.2, 0) is 28.1 Å². The predicted octanol–water partition coefficient (Wildman–Crippen LogP) is 5.92. The van der Waals surface area contributed by atoms with Gasteiger partial charge in [-0.05, 0) is 43.0 Å². The molecule has 6 nitrogen and oxygen atoms in total. The van der Waals surface area contributed by atoms with Crippen LogP contribution in [0.1, 0.15) is 0 Å². The van der Waals surface area contributed by atoms with Gasteiger partial charge in [-0.2, -0.15) is 24.9 Å². The van der Waals surface area contributed by atoms with E-state index in [0.29, 0.717) is 0 Å². The zero-order valence-electron chi connectivity index (χ0n) is 21.3. The number of para-hydroxylation sites is 2. The van der Waals surface area contributed by atoms with Gasteiger partial charge in [0.1, 0.15) is 0 Å². The molecule has 0 N–H and O–H groups in total. The van der Waals surface area contributed by atoms with E-state index < -0.39 is 0 Å². The topological polar surface area (TPSA) is 23.5 Å². The number of fused-ring (bicyclic) bond motifs is 5. The normalized spacial score (nSPS) is 13.8. The minimum absolute atomic E-state index is 0. The van der Waals surface area contributed by atoms with Crippen molar-refractivity contribution in [3.8, 4) is 11.4 Å². The van der Waals surface area contributed by atoms with E-state index in [9.17, 15) is 0 Å². The van der Waals surface area contributed by atoms with Crippen LogP contribution >= 0.6 is 0 Å². The van der Waals surface area contributed by atoms with Gasteiger partial charge >= 0.3 is 21.1 Å². The number of aryl methyl sites for hydroxylation is 1. The van der Waals surface area contributed by atoms with Crippen molar-refractivity contribution in [1.82, 2.24) is 14.0 Å². The molecule has 2 aromatic heterocycles. The standard InChI is InChI=1S/C32H23N6.Pt/c1-33-15-17-35(21-33)23-7-5-8-25(19-23)37-30-12-6-10-27-26-9-3-4-11-28(26)38(32(27)30)29-14-13-24(20-31(29)37)36-18-16-34(2)22-36;/h3-18,22H,1-2H3;/q-3;+4. The van der Waals surface area contributed by atoms with Crippen LogP contribution in [0, 0.1) is 25.1 Å². The van der Waals surface area contributed by atoms with Gasteiger partial charge in [-0.25, -0.2) is 0 Å². The molecule has 7 heteroatoms. The third-order valence-electron chi connectivity index (χ3n) is 7.28. The van der Waals surface area contributed by atoms with Gasteiger partial charge in [-0.3, -0.25) is 0 Å². The van der Waals surface area contributed by atoms with Gasteiger partial charge in [0.2, 0.25) is 6.33 Å². The minimum Gasteiger partial charge on any atom is -0.510 e. The summed E-state index contributed by atoms with van der Waals surface area (Å²) in [6, 6.07) is 33.2. The maximum Gasteiger partial charge on any atom is 4.00 e. The van der Waals surface area contributed by atoms with E-state index in [4.69, 9.17) is 0 Å². The molecule has 2 aliphatic heterocycles. The van der Waals surface area contributed by atoms with Crippen molar-refractivity contribution in [1.29, 1.82) is 0 Å². The maximum atomic E-state index is 3.76. The van der Waals surface area contributed by atoms with Crippen molar-refractivity contribution in [2.75, 3.05) is 16.8 Å². The number of nitrogens with zero attached hydrogens (tertiary/aromatic N) is 6. The van der Waals surface area contributed by atoms with E-state index in [0.717, 1.165) is 34.1 Å². The molecule has 8 rings (SSSR count). The van der Waals surface area contributed by atoms with Gasteiger partial charge in [0.15, 0.2) is 0 Å². The fourth-order valence-corrected chi connectivity index (χ4v) is 5.61. The molecule has 0 unspecified atom stereocenters. The first-order valence-electron chi connectivity index (χ1n) is 12.6. The number of benzene rings is 4. The van der Waals surface area contributed by atoms with Crippen molar-refractivity contribution >= 4 is 44.6 Å². The molecule has 6 aromatic rings. The summed E-state index contributed by atoms with van der Waals surface area (Å²) in [7, 11) is 4.00. The molecule has 0 fully saturated rings. The van der Waals surface area contributed by atoms with Crippen molar-refractivity contribution < 1.29 is 25.6 Å². The smallest absolute Gasteiger partial charge is 0.510 e. The number of hydrogen-bond donors (Lipinski definition) is 0. The molecular formula is C32H23N6Pt+. The van der Waals surface area contributed by atoms with E-state index >= 15 is 0 Å². The second-order valence-electron chi connectivity index (χ2n) is 9.73. The van der Waals surface area contributed by atoms with Crippen molar-refractivity contribution in [2.24, 2.45) is 7.05 Å². The molecule has 0 radical (unpaired) electrons. The molecule has 0 aliphatic carbocycles. The van der Waals surface area contributed by atoms with Crippen LogP contribution in [0.3, 0.4) is 0 Å². The van der Waals surface area contributed by atoms with Gasteiger partial charge in [0.25, 0.3) is 0 Å². The van der Waals surface area contributed by atoms with Crippen molar-refractivity contribution in [2.45, 2.75) is 0 Å². The zero-order valence-corrected chi connectivity index (χ0v) is 23.6. The third kappa shape index (κ3) is 3.55. The van der Waals surface area contributed by atoms with Crippen LogP contribution in [0.4, 0.5) is 22.7 Å². The van der Waals surface area contributed by atoms with E-state index in [2.05, 4.69) is 118 Å². The fraction of sp³-hybridized carbons (Fsp3) is 0.0625. The summed E-state index contributed by atoms with van der Waals surface area (Å²) in [6.07, 6.45) is 11.4. The van der Waals surface area contributed by atoms with Crippen LogP contribution in [0.5, 0.6) is 0 Å². The summed E-state index contributed by atoms with van der Waals surface area (Å²) in [5.74, 6) is 0. The minimum atomic E-state index is 0. The SMILES string of the molecule is CN1C=CN(c2[c-]c3c(cc2)-n2c4ccccc4c4cccc(c42)N3c2[c-]c(-n3[c-][n+](C)cc3)ccc2)[CH-]1.[Pt+4]. The van der Waals surface area contributed by atoms with E-state index in [1.165, 1.54) is 21.8 Å². The van der Waals surface area contributed by atoms with Gasteiger partial charge < -0.3 is 28.4 Å². The average molecular weight is 687 g/mol. The molecule has 4 aromatic carbocycles. The second kappa shape index (κ2) is 8.89. The van der Waals surface area contributed by atoms with Crippen LogP contribution < -0.4 is 14.4 Å². The Morgan fingerprint density at radius 1 is 0.769 bits per heavy atom. The summed E-state index contributed by atoms with van der Waals surface area (Å²) in [5.41, 5.74) is 8.41. The predicted molar refractivity (Wildman–Crippen MR) is 150 cm³/mol. The first-order chi connectivity index (χ1) is 18.7. The van der Waals surface area contributed by atoms with E-state index in [1.807, 2.05) is 46.7 Å². The Morgan fingerprint density at radius 2 is 1.59 bits per heavy atom. The molecule has 39 heavy (non-hydrogen) atoms. The maximum absolute atomic E-state index is 3.76. The number of rotatable bonds is 3. The summed E-state index contributed by atoms with van der Waals surface area (Å²) >= 11 is 0. The van der Waals surface area contributed by atoms with Crippen molar-refractivity contribution in [3.63, 3.8) is 0 Å². The fourth-order valence-electron chi connectivity index (χ4n) is 5.61. The molecule has 4 heterocycles. The van der Waals surface area contributed by atoms with Gasteiger partial charge in [0.05, 0.1) is 18.3 Å². The first kappa shape index (κ1) is 23.8. The Hall–Kier alpha value is -4.28. The first-order valence-corrected chi connectivity index (χ1v) is 12.6. The second-order valence-corrected chi connectivity index (χ2v) is 9.73. The Morgan fingerprint density at radius 3 is 2.41 bits per heavy atom. The van der Waals surface area contributed by atoms with E-state index in [1.54, 1.807) is 0 Å². The third-order valence-corrected chi connectivity index (χ3v) is 7.28. The van der Waals surface area contributed by atoms with Gasteiger partial charge in [-0.1, -0.05) is 41.7 Å². The summed E-state index contributed by atoms with van der Waals surface area (Å²) in [5, 5.41) is 2.48. The van der Waals surface area contributed by atoms with Gasteiger partial charge in [0, 0.05) is 28.7 Å². The molecule has 0 bridgehead atoms. The van der Waals surface area contributed by atoms with E-state index in [-0.39, 0.29) is 21.1 Å². The monoisotopic (exact) mass is 686 g/mol. The Kier molecular flexibility index (Phi) is 5.43. The zero-order chi connectivity index (χ0) is 25.4. The largest absolute Gasteiger partial charge is 4.00 e. The van der Waals surface area contributed by atoms with Gasteiger partial charge in [-0.15, -0.1) is 30.0 Å².